The lowest BCUT2D eigenvalue weighted by atomic mass is 10.2. The van der Waals surface area contributed by atoms with Crippen molar-refractivity contribution in [2.45, 2.75) is 18.6 Å². The van der Waals surface area contributed by atoms with E-state index in [-0.39, 0.29) is 5.75 Å². The van der Waals surface area contributed by atoms with E-state index in [4.69, 9.17) is 5.26 Å². The molecular weight excluding hydrogens is 236 g/mol. The van der Waals surface area contributed by atoms with Gasteiger partial charge in [0.1, 0.15) is 0 Å². The van der Waals surface area contributed by atoms with Crippen molar-refractivity contribution in [2.75, 3.05) is 13.1 Å². The summed E-state index contributed by atoms with van der Waals surface area (Å²) in [5.74, 6) is 0.0265. The minimum Gasteiger partial charge on any atom is -0.212 e. The van der Waals surface area contributed by atoms with Crippen LogP contribution in [0.1, 0.15) is 24.0 Å². The van der Waals surface area contributed by atoms with E-state index in [0.717, 1.165) is 18.4 Å². The predicted molar refractivity (Wildman–Crippen MR) is 64.6 cm³/mol. The summed E-state index contributed by atoms with van der Waals surface area (Å²) in [6, 6.07) is 8.71. The molecule has 0 aliphatic carbocycles. The molecule has 0 unspecified atom stereocenters. The second kappa shape index (κ2) is 4.86. The van der Waals surface area contributed by atoms with E-state index in [1.54, 1.807) is 28.6 Å². The SMILES string of the molecule is N#Cc1ccc(CS(=O)(=O)N2CCCC2)cc1. The van der Waals surface area contributed by atoms with Crippen LogP contribution in [0.3, 0.4) is 0 Å². The second-order valence-corrected chi connectivity index (χ2v) is 6.14. The molecule has 2 rings (SSSR count). The van der Waals surface area contributed by atoms with Crippen LogP contribution in [0.4, 0.5) is 0 Å². The van der Waals surface area contributed by atoms with Gasteiger partial charge in [0, 0.05) is 13.1 Å². The molecule has 1 aliphatic rings. The van der Waals surface area contributed by atoms with E-state index >= 15 is 0 Å². The lowest BCUT2D eigenvalue weighted by molar-refractivity contribution is 0.476. The third-order valence-electron chi connectivity index (χ3n) is 2.89. The Morgan fingerprint density at radius 3 is 2.29 bits per heavy atom. The topological polar surface area (TPSA) is 61.2 Å². The van der Waals surface area contributed by atoms with Crippen molar-refractivity contribution in [3.8, 4) is 6.07 Å². The number of sulfonamides is 1. The third kappa shape index (κ3) is 2.84. The maximum atomic E-state index is 12.0. The summed E-state index contributed by atoms with van der Waals surface area (Å²) < 4.78 is 25.6. The quantitative estimate of drug-likeness (QED) is 0.816. The van der Waals surface area contributed by atoms with Gasteiger partial charge in [-0.3, -0.25) is 0 Å². The van der Waals surface area contributed by atoms with Gasteiger partial charge in [0.2, 0.25) is 10.0 Å². The largest absolute Gasteiger partial charge is 0.218 e. The van der Waals surface area contributed by atoms with Crippen LogP contribution in [0.5, 0.6) is 0 Å². The molecular formula is C12H14N2O2S. The molecule has 1 heterocycles. The molecule has 0 bridgehead atoms. The summed E-state index contributed by atoms with van der Waals surface area (Å²) >= 11 is 0. The molecule has 0 amide bonds. The molecule has 0 radical (unpaired) electrons. The number of hydrogen-bond acceptors (Lipinski definition) is 3. The lowest BCUT2D eigenvalue weighted by Crippen LogP contribution is -2.29. The van der Waals surface area contributed by atoms with Gasteiger partial charge < -0.3 is 0 Å². The van der Waals surface area contributed by atoms with E-state index in [1.807, 2.05) is 6.07 Å². The first-order chi connectivity index (χ1) is 8.12. The highest BCUT2D eigenvalue weighted by Crippen LogP contribution is 2.17. The molecule has 0 N–H and O–H groups in total. The molecule has 90 valence electrons. The zero-order valence-corrected chi connectivity index (χ0v) is 10.3. The van der Waals surface area contributed by atoms with Crippen LogP contribution < -0.4 is 0 Å². The van der Waals surface area contributed by atoms with E-state index in [9.17, 15) is 8.42 Å². The fraction of sp³-hybridized carbons (Fsp3) is 0.417. The lowest BCUT2D eigenvalue weighted by Gasteiger charge is -2.15. The fourth-order valence-electron chi connectivity index (χ4n) is 1.94. The molecule has 0 atom stereocenters. The maximum Gasteiger partial charge on any atom is 0.218 e. The highest BCUT2D eigenvalue weighted by molar-refractivity contribution is 7.88. The van der Waals surface area contributed by atoms with Gasteiger partial charge in [-0.15, -0.1) is 0 Å². The van der Waals surface area contributed by atoms with Crippen molar-refractivity contribution in [2.24, 2.45) is 0 Å². The van der Waals surface area contributed by atoms with Gasteiger partial charge in [0.05, 0.1) is 17.4 Å². The number of rotatable bonds is 3. The minimum absolute atomic E-state index is 0.0265. The van der Waals surface area contributed by atoms with Gasteiger partial charge in [-0.2, -0.15) is 5.26 Å². The summed E-state index contributed by atoms with van der Waals surface area (Å²) in [6.45, 7) is 1.28. The van der Waals surface area contributed by atoms with Crippen LogP contribution in [0.15, 0.2) is 24.3 Å². The number of benzene rings is 1. The molecule has 1 aromatic carbocycles. The van der Waals surface area contributed by atoms with E-state index in [1.165, 1.54) is 0 Å². The van der Waals surface area contributed by atoms with Gasteiger partial charge in [0.15, 0.2) is 0 Å². The Morgan fingerprint density at radius 2 is 1.76 bits per heavy atom. The summed E-state index contributed by atoms with van der Waals surface area (Å²) in [5, 5.41) is 8.66. The molecule has 1 aromatic rings. The summed E-state index contributed by atoms with van der Waals surface area (Å²) in [7, 11) is -3.18. The molecule has 17 heavy (non-hydrogen) atoms. The average Bonchev–Trinajstić information content (AvgIpc) is 2.84. The summed E-state index contributed by atoms with van der Waals surface area (Å²) in [6.07, 6.45) is 1.90. The normalized spacial score (nSPS) is 16.9. The first-order valence-electron chi connectivity index (χ1n) is 5.59. The van der Waals surface area contributed by atoms with Crippen LogP contribution in [0.2, 0.25) is 0 Å². The Hall–Kier alpha value is -1.38. The van der Waals surface area contributed by atoms with E-state index < -0.39 is 10.0 Å². The first-order valence-corrected chi connectivity index (χ1v) is 7.19. The van der Waals surface area contributed by atoms with Crippen LogP contribution in [0, 0.1) is 11.3 Å². The van der Waals surface area contributed by atoms with Gasteiger partial charge in [-0.05, 0) is 30.5 Å². The standard InChI is InChI=1S/C12H14N2O2S/c13-9-11-3-5-12(6-4-11)10-17(15,16)14-7-1-2-8-14/h3-6H,1-2,7-8,10H2. The Balaban J connectivity index is 2.11. The zero-order chi connectivity index (χ0) is 12.3. The summed E-state index contributed by atoms with van der Waals surface area (Å²) in [5.41, 5.74) is 1.28. The highest BCUT2D eigenvalue weighted by atomic mass is 32.2. The van der Waals surface area contributed by atoms with Gasteiger partial charge in [0.25, 0.3) is 0 Å². The Morgan fingerprint density at radius 1 is 1.18 bits per heavy atom. The smallest absolute Gasteiger partial charge is 0.212 e. The van der Waals surface area contributed by atoms with Crippen molar-refractivity contribution in [3.05, 3.63) is 35.4 Å². The maximum absolute atomic E-state index is 12.0. The van der Waals surface area contributed by atoms with Crippen LogP contribution >= 0.6 is 0 Å². The van der Waals surface area contributed by atoms with E-state index in [0.29, 0.717) is 18.7 Å². The molecule has 1 aliphatic heterocycles. The van der Waals surface area contributed by atoms with Crippen LogP contribution in [-0.4, -0.2) is 25.8 Å². The Kier molecular flexibility index (Phi) is 3.46. The average molecular weight is 250 g/mol. The van der Waals surface area contributed by atoms with Gasteiger partial charge in [-0.1, -0.05) is 12.1 Å². The molecule has 0 aromatic heterocycles. The minimum atomic E-state index is -3.18. The highest BCUT2D eigenvalue weighted by Gasteiger charge is 2.25. The van der Waals surface area contributed by atoms with Crippen molar-refractivity contribution >= 4 is 10.0 Å². The number of nitriles is 1. The van der Waals surface area contributed by atoms with Crippen molar-refractivity contribution in [3.63, 3.8) is 0 Å². The van der Waals surface area contributed by atoms with Crippen LogP contribution in [-0.2, 0) is 15.8 Å². The second-order valence-electron chi connectivity index (χ2n) is 4.17. The number of hydrogen-bond donors (Lipinski definition) is 0. The predicted octanol–water partition coefficient (Wildman–Crippen LogP) is 1.48. The Labute approximate surface area is 102 Å². The monoisotopic (exact) mass is 250 g/mol. The Bertz CT molecular complexity index is 523. The van der Waals surface area contributed by atoms with Crippen molar-refractivity contribution < 1.29 is 8.42 Å². The van der Waals surface area contributed by atoms with Crippen molar-refractivity contribution in [1.82, 2.24) is 4.31 Å². The van der Waals surface area contributed by atoms with Gasteiger partial charge in [-0.25, -0.2) is 12.7 Å². The zero-order valence-electron chi connectivity index (χ0n) is 9.46. The molecule has 5 heteroatoms. The van der Waals surface area contributed by atoms with E-state index in [2.05, 4.69) is 0 Å². The molecule has 1 fully saturated rings. The fourth-order valence-corrected chi connectivity index (χ4v) is 3.55. The third-order valence-corrected chi connectivity index (χ3v) is 4.74. The molecule has 1 saturated heterocycles. The van der Waals surface area contributed by atoms with Crippen molar-refractivity contribution in [1.29, 1.82) is 5.26 Å². The first kappa shape index (κ1) is 12.1. The molecule has 4 nitrogen and oxygen atoms in total. The molecule has 0 spiro atoms. The molecule has 0 saturated carbocycles. The number of nitrogens with zero attached hydrogens (tertiary/aromatic N) is 2. The summed E-state index contributed by atoms with van der Waals surface area (Å²) in [4.78, 5) is 0. The van der Waals surface area contributed by atoms with Crippen LogP contribution in [0.25, 0.3) is 0 Å². The van der Waals surface area contributed by atoms with Gasteiger partial charge >= 0.3 is 0 Å².